The molecule has 2 aliphatic heterocycles. The van der Waals surface area contributed by atoms with Gasteiger partial charge in [0.15, 0.2) is 0 Å². The van der Waals surface area contributed by atoms with Crippen molar-refractivity contribution in [2.75, 3.05) is 49.2 Å². The zero-order valence-corrected chi connectivity index (χ0v) is 30.8. The van der Waals surface area contributed by atoms with Gasteiger partial charge in [0.05, 0.1) is 30.5 Å². The van der Waals surface area contributed by atoms with Gasteiger partial charge in [-0.1, -0.05) is 55.2 Å². The minimum atomic E-state index is -1.11. The van der Waals surface area contributed by atoms with Crippen LogP contribution < -0.4 is 25.9 Å². The molecule has 52 heavy (non-hydrogen) atoms. The van der Waals surface area contributed by atoms with Crippen molar-refractivity contribution in [2.45, 2.75) is 57.7 Å². The smallest absolute Gasteiger partial charge is 0.345 e. The third kappa shape index (κ3) is 7.52. The second-order valence-corrected chi connectivity index (χ2v) is 14.0. The topological polar surface area (TPSA) is 112 Å². The molecule has 274 valence electrons. The molecule has 1 N–H and O–H groups in total. The first-order chi connectivity index (χ1) is 25.3. The Morgan fingerprint density at radius 2 is 1.63 bits per heavy atom. The SMILES string of the molecule is CCCn1c(=O)[nH]c(=O)n1C(CC)c1ccc(N2CCN(c3ccc(OCC4COC(Cn5ccnc5)(c5ccc(Cl)cc5Cl)O4)cc3)CC2)cc1. The number of rotatable bonds is 13. The number of nitrogens with zero attached hydrogens (tertiary/aromatic N) is 6. The molecular formula is C38H43Cl2N7O5. The van der Waals surface area contributed by atoms with Crippen LogP contribution in [0, 0.1) is 0 Å². The third-order valence-corrected chi connectivity index (χ3v) is 10.3. The van der Waals surface area contributed by atoms with Crippen LogP contribution in [0.4, 0.5) is 11.4 Å². The predicted molar refractivity (Wildman–Crippen MR) is 202 cm³/mol. The molecule has 2 aromatic heterocycles. The lowest BCUT2D eigenvalue weighted by atomic mass is 10.0. The van der Waals surface area contributed by atoms with Crippen LogP contribution in [0.5, 0.6) is 5.75 Å². The number of hydrogen-bond donors (Lipinski definition) is 1. The van der Waals surface area contributed by atoms with E-state index in [0.29, 0.717) is 48.3 Å². The number of nitrogens with one attached hydrogen (secondary N) is 1. The standard InChI is InChI=1S/C38H43Cl2N7O5/c1-3-16-46-36(48)42-37(49)47(46)35(4-2)27-5-8-29(9-6-27)44-18-20-45(21-19-44)30-10-12-31(13-11-30)50-23-32-24-51-38(52-32,25-43-17-15-41-26-43)33-14-7-28(39)22-34(33)40/h5-15,17,22,26,32,35H,3-4,16,18-21,23-25H2,1-2H3,(H,42,48,49). The summed E-state index contributed by atoms with van der Waals surface area (Å²) in [6.45, 7) is 9.04. The Morgan fingerprint density at radius 1 is 0.942 bits per heavy atom. The van der Waals surface area contributed by atoms with Gasteiger partial charge in [-0.3, -0.25) is 4.98 Å². The number of anilines is 2. The molecule has 14 heteroatoms. The van der Waals surface area contributed by atoms with Crippen molar-refractivity contribution in [2.24, 2.45) is 0 Å². The lowest BCUT2D eigenvalue weighted by Gasteiger charge is -2.37. The molecule has 0 spiro atoms. The fourth-order valence-corrected chi connectivity index (χ4v) is 7.70. The molecule has 0 saturated carbocycles. The van der Waals surface area contributed by atoms with Crippen LogP contribution in [0.3, 0.4) is 0 Å². The van der Waals surface area contributed by atoms with Crippen LogP contribution in [0.1, 0.15) is 43.9 Å². The summed E-state index contributed by atoms with van der Waals surface area (Å²) >= 11 is 12.8. The van der Waals surface area contributed by atoms with Crippen LogP contribution >= 0.6 is 23.2 Å². The number of halogens is 2. The minimum Gasteiger partial charge on any atom is -0.491 e. The monoisotopic (exact) mass is 747 g/mol. The average molecular weight is 749 g/mol. The van der Waals surface area contributed by atoms with E-state index in [9.17, 15) is 9.59 Å². The van der Waals surface area contributed by atoms with Gasteiger partial charge in [0.25, 0.3) is 0 Å². The molecule has 2 fully saturated rings. The van der Waals surface area contributed by atoms with Gasteiger partial charge in [-0.15, -0.1) is 0 Å². The number of ether oxygens (including phenoxy) is 3. The van der Waals surface area contributed by atoms with Crippen LogP contribution in [0.25, 0.3) is 0 Å². The summed E-state index contributed by atoms with van der Waals surface area (Å²) in [7, 11) is 0. The molecule has 4 heterocycles. The first kappa shape index (κ1) is 35.9. The van der Waals surface area contributed by atoms with Crippen molar-refractivity contribution in [3.8, 4) is 5.75 Å². The summed E-state index contributed by atoms with van der Waals surface area (Å²) in [5.41, 5.74) is 3.26. The summed E-state index contributed by atoms with van der Waals surface area (Å²) in [6.07, 6.45) is 6.42. The maximum absolute atomic E-state index is 12.7. The van der Waals surface area contributed by atoms with E-state index in [0.717, 1.165) is 55.3 Å². The zero-order chi connectivity index (χ0) is 36.2. The molecule has 0 amide bonds. The number of aromatic amines is 1. The molecule has 2 aliphatic rings. The molecule has 0 aliphatic carbocycles. The minimum absolute atomic E-state index is 0.218. The fourth-order valence-electron chi connectivity index (χ4n) is 7.15. The van der Waals surface area contributed by atoms with Crippen molar-refractivity contribution in [3.05, 3.63) is 128 Å². The highest BCUT2D eigenvalue weighted by molar-refractivity contribution is 6.35. The van der Waals surface area contributed by atoms with Crippen molar-refractivity contribution in [3.63, 3.8) is 0 Å². The van der Waals surface area contributed by atoms with E-state index in [1.807, 2.05) is 42.8 Å². The number of H-pyrrole nitrogens is 1. The Morgan fingerprint density at radius 3 is 2.25 bits per heavy atom. The van der Waals surface area contributed by atoms with E-state index in [-0.39, 0.29) is 23.5 Å². The summed E-state index contributed by atoms with van der Waals surface area (Å²) < 4.78 is 24.0. The molecular weight excluding hydrogens is 705 g/mol. The highest BCUT2D eigenvalue weighted by Crippen LogP contribution is 2.40. The molecule has 3 aromatic carbocycles. The Bertz CT molecular complexity index is 2050. The van der Waals surface area contributed by atoms with E-state index in [4.69, 9.17) is 37.4 Å². The lowest BCUT2D eigenvalue weighted by Crippen LogP contribution is -2.46. The molecule has 3 atom stereocenters. The van der Waals surface area contributed by atoms with Crippen LogP contribution in [0.2, 0.25) is 10.0 Å². The quantitative estimate of drug-likeness (QED) is 0.158. The fraction of sp³-hybridized carbons (Fsp3) is 0.395. The Hall–Kier alpha value is -4.49. The van der Waals surface area contributed by atoms with Gasteiger partial charge in [0.2, 0.25) is 5.79 Å². The first-order valence-corrected chi connectivity index (χ1v) is 18.5. The normalized spacial score (nSPS) is 19.7. The number of hydrogen-bond acceptors (Lipinski definition) is 8. The second kappa shape index (κ2) is 15.6. The number of imidazole rings is 1. The lowest BCUT2D eigenvalue weighted by molar-refractivity contribution is -0.189. The van der Waals surface area contributed by atoms with E-state index < -0.39 is 5.79 Å². The number of benzene rings is 3. The average Bonchev–Trinajstić information content (AvgIpc) is 3.89. The Labute approximate surface area is 312 Å². The third-order valence-electron chi connectivity index (χ3n) is 9.75. The van der Waals surface area contributed by atoms with Crippen molar-refractivity contribution < 1.29 is 14.2 Å². The van der Waals surface area contributed by atoms with Crippen LogP contribution in [-0.2, 0) is 28.4 Å². The largest absolute Gasteiger partial charge is 0.491 e. The van der Waals surface area contributed by atoms with Crippen LogP contribution in [-0.4, -0.2) is 69.4 Å². The Balaban J connectivity index is 0.932. The zero-order valence-electron chi connectivity index (χ0n) is 29.3. The van der Waals surface area contributed by atoms with Crippen molar-refractivity contribution in [1.29, 1.82) is 0 Å². The highest BCUT2D eigenvalue weighted by Gasteiger charge is 2.45. The maximum Gasteiger partial charge on any atom is 0.345 e. The number of aromatic nitrogens is 5. The predicted octanol–water partition coefficient (Wildman–Crippen LogP) is 5.92. The van der Waals surface area contributed by atoms with Gasteiger partial charge in [-0.05, 0) is 66.9 Å². The Kier molecular flexibility index (Phi) is 10.8. The van der Waals surface area contributed by atoms with Gasteiger partial charge < -0.3 is 28.6 Å². The van der Waals surface area contributed by atoms with E-state index in [2.05, 4.69) is 56.2 Å². The first-order valence-electron chi connectivity index (χ1n) is 17.7. The molecule has 5 aromatic rings. The van der Waals surface area contributed by atoms with Crippen molar-refractivity contribution in [1.82, 2.24) is 23.9 Å². The highest BCUT2D eigenvalue weighted by atomic mass is 35.5. The second-order valence-electron chi connectivity index (χ2n) is 13.2. The van der Waals surface area contributed by atoms with E-state index in [1.165, 1.54) is 4.68 Å². The molecule has 12 nitrogen and oxygen atoms in total. The summed E-state index contributed by atoms with van der Waals surface area (Å²) in [5, 5.41) is 1.01. The van der Waals surface area contributed by atoms with Crippen LogP contribution in [0.15, 0.2) is 95.0 Å². The van der Waals surface area contributed by atoms with Gasteiger partial charge in [-0.25, -0.2) is 23.9 Å². The maximum atomic E-state index is 12.7. The summed E-state index contributed by atoms with van der Waals surface area (Å²) in [4.78, 5) is 36.4. The van der Waals surface area contributed by atoms with Crippen molar-refractivity contribution >= 4 is 34.6 Å². The van der Waals surface area contributed by atoms with Gasteiger partial charge in [-0.2, -0.15) is 0 Å². The molecule has 2 saturated heterocycles. The number of piperazine rings is 1. The molecule has 0 bridgehead atoms. The molecule has 0 radical (unpaired) electrons. The van der Waals surface area contributed by atoms with Gasteiger partial charge >= 0.3 is 11.4 Å². The van der Waals surface area contributed by atoms with E-state index >= 15 is 0 Å². The molecule has 3 unspecified atom stereocenters. The van der Waals surface area contributed by atoms with E-state index in [1.54, 1.807) is 29.3 Å². The molecule has 7 rings (SSSR count). The van der Waals surface area contributed by atoms with Gasteiger partial charge in [0.1, 0.15) is 18.5 Å². The summed E-state index contributed by atoms with van der Waals surface area (Å²) in [5.74, 6) is -0.354. The van der Waals surface area contributed by atoms with Gasteiger partial charge in [0, 0.05) is 67.1 Å². The summed E-state index contributed by atoms with van der Waals surface area (Å²) in [6, 6.07) is 21.6.